The molecule has 2 heterocycles. The predicted molar refractivity (Wildman–Crippen MR) is 85.5 cm³/mol. The summed E-state index contributed by atoms with van der Waals surface area (Å²) in [7, 11) is 0. The Morgan fingerprint density at radius 1 is 1.22 bits per heavy atom. The van der Waals surface area contributed by atoms with Gasteiger partial charge in [0, 0.05) is 23.6 Å². The molecule has 0 atom stereocenters. The Bertz CT molecular complexity index is 678. The number of nitrogens with one attached hydrogen (secondary N) is 1. The summed E-state index contributed by atoms with van der Waals surface area (Å²) >= 11 is 0. The van der Waals surface area contributed by atoms with Crippen LogP contribution in [0.25, 0.3) is 10.9 Å². The van der Waals surface area contributed by atoms with E-state index < -0.39 is 18.9 Å². The monoisotopic (exact) mass is 321 g/mol. The number of halogens is 2. The summed E-state index contributed by atoms with van der Waals surface area (Å²) < 4.78 is 26.2. The molecule has 0 bridgehead atoms. The van der Waals surface area contributed by atoms with Crippen molar-refractivity contribution in [3.8, 4) is 0 Å². The largest absolute Gasteiger partial charge is 0.349 e. The number of alkyl halides is 2. The summed E-state index contributed by atoms with van der Waals surface area (Å²) in [5.74, 6) is -0.390. The van der Waals surface area contributed by atoms with Crippen molar-refractivity contribution >= 4 is 16.8 Å². The van der Waals surface area contributed by atoms with Crippen LogP contribution in [0.15, 0.2) is 30.5 Å². The first-order chi connectivity index (χ1) is 11.1. The minimum atomic E-state index is -2.52. The zero-order valence-electron chi connectivity index (χ0n) is 13.0. The Hall–Kier alpha value is -1.95. The Kier molecular flexibility index (Phi) is 4.91. The molecule has 1 aromatic heterocycles. The number of fused-ring (bicyclic) bond motifs is 1. The van der Waals surface area contributed by atoms with Gasteiger partial charge in [0.2, 0.25) is 5.91 Å². The van der Waals surface area contributed by atoms with Crippen molar-refractivity contribution in [2.75, 3.05) is 19.6 Å². The number of carbonyl (C=O) groups is 1. The third kappa shape index (κ3) is 3.88. The van der Waals surface area contributed by atoms with Gasteiger partial charge in [0.1, 0.15) is 6.54 Å². The molecule has 124 valence electrons. The van der Waals surface area contributed by atoms with E-state index in [-0.39, 0.29) is 6.54 Å². The van der Waals surface area contributed by atoms with Crippen LogP contribution in [0, 0.1) is 0 Å². The molecule has 4 nitrogen and oxygen atoms in total. The van der Waals surface area contributed by atoms with Gasteiger partial charge < -0.3 is 9.88 Å². The highest BCUT2D eigenvalue weighted by Crippen LogP contribution is 2.24. The molecular formula is C17H21F2N3O. The number of nitrogens with zero attached hydrogens (tertiary/aromatic N) is 2. The number of aromatic nitrogens is 1. The zero-order valence-corrected chi connectivity index (χ0v) is 13.0. The fraction of sp³-hybridized carbons (Fsp3) is 0.471. The first-order valence-corrected chi connectivity index (χ1v) is 7.97. The second-order valence-electron chi connectivity index (χ2n) is 5.98. The van der Waals surface area contributed by atoms with E-state index >= 15 is 0 Å². The van der Waals surface area contributed by atoms with Crippen molar-refractivity contribution in [2.24, 2.45) is 0 Å². The Balaban J connectivity index is 1.78. The highest BCUT2D eigenvalue weighted by Gasteiger charge is 2.16. The first kappa shape index (κ1) is 15.9. The van der Waals surface area contributed by atoms with Gasteiger partial charge in [0.15, 0.2) is 0 Å². The van der Waals surface area contributed by atoms with E-state index in [0.29, 0.717) is 0 Å². The molecule has 2 aromatic rings. The molecule has 6 heteroatoms. The summed E-state index contributed by atoms with van der Waals surface area (Å²) in [6.45, 7) is 2.54. The SMILES string of the molecule is O=C(Cn1cc(CN2CCCC2)c2ccccc21)NCC(F)F. The molecular weight excluding hydrogens is 300 g/mol. The summed E-state index contributed by atoms with van der Waals surface area (Å²) in [6.07, 6.45) is 1.92. The maximum atomic E-state index is 12.2. The van der Waals surface area contributed by atoms with E-state index in [1.54, 1.807) is 0 Å². The van der Waals surface area contributed by atoms with Crippen LogP contribution in [0.2, 0.25) is 0 Å². The molecule has 0 aliphatic carbocycles. The Morgan fingerprint density at radius 2 is 1.96 bits per heavy atom. The van der Waals surface area contributed by atoms with Crippen LogP contribution in [-0.4, -0.2) is 41.4 Å². The number of hydrogen-bond donors (Lipinski definition) is 1. The number of amides is 1. The van der Waals surface area contributed by atoms with Crippen molar-refractivity contribution in [3.63, 3.8) is 0 Å². The van der Waals surface area contributed by atoms with E-state index in [2.05, 4.69) is 10.2 Å². The van der Waals surface area contributed by atoms with Gasteiger partial charge in [-0.15, -0.1) is 0 Å². The maximum absolute atomic E-state index is 12.2. The van der Waals surface area contributed by atoms with Gasteiger partial charge in [-0.3, -0.25) is 9.69 Å². The number of carbonyl (C=O) groups excluding carboxylic acids is 1. The average molecular weight is 321 g/mol. The van der Waals surface area contributed by atoms with Crippen molar-refractivity contribution in [3.05, 3.63) is 36.0 Å². The normalized spacial score (nSPS) is 15.6. The highest BCUT2D eigenvalue weighted by molar-refractivity contribution is 5.86. The lowest BCUT2D eigenvalue weighted by Gasteiger charge is -2.13. The smallest absolute Gasteiger partial charge is 0.255 e. The lowest BCUT2D eigenvalue weighted by atomic mass is 10.1. The lowest BCUT2D eigenvalue weighted by Crippen LogP contribution is -2.31. The van der Waals surface area contributed by atoms with Gasteiger partial charge in [-0.05, 0) is 37.6 Å². The third-order valence-electron chi connectivity index (χ3n) is 4.23. The second-order valence-corrected chi connectivity index (χ2v) is 5.98. The third-order valence-corrected chi connectivity index (χ3v) is 4.23. The highest BCUT2D eigenvalue weighted by atomic mass is 19.3. The molecule has 1 fully saturated rings. The summed E-state index contributed by atoms with van der Waals surface area (Å²) in [6, 6.07) is 7.92. The van der Waals surface area contributed by atoms with Crippen molar-refractivity contribution in [1.29, 1.82) is 0 Å². The number of rotatable bonds is 6. The van der Waals surface area contributed by atoms with Crippen LogP contribution in [0.1, 0.15) is 18.4 Å². The van der Waals surface area contributed by atoms with Gasteiger partial charge >= 0.3 is 0 Å². The molecule has 1 saturated heterocycles. The van der Waals surface area contributed by atoms with Crippen LogP contribution >= 0.6 is 0 Å². The number of para-hydroxylation sites is 1. The molecule has 1 amide bonds. The Labute approximate surface area is 134 Å². The van der Waals surface area contributed by atoms with Crippen LogP contribution < -0.4 is 5.32 Å². The zero-order chi connectivity index (χ0) is 16.2. The fourth-order valence-electron chi connectivity index (χ4n) is 3.16. The number of hydrogen-bond acceptors (Lipinski definition) is 2. The van der Waals surface area contributed by atoms with Crippen LogP contribution in [0.3, 0.4) is 0 Å². The van der Waals surface area contributed by atoms with E-state index in [9.17, 15) is 13.6 Å². The topological polar surface area (TPSA) is 37.3 Å². The molecule has 0 saturated carbocycles. The predicted octanol–water partition coefficient (Wildman–Crippen LogP) is 2.62. The molecule has 3 rings (SSSR count). The molecule has 1 N–H and O–H groups in total. The van der Waals surface area contributed by atoms with Gasteiger partial charge in [0.25, 0.3) is 6.43 Å². The van der Waals surface area contributed by atoms with E-state index in [0.717, 1.165) is 30.5 Å². The van der Waals surface area contributed by atoms with Crippen molar-refractivity contribution < 1.29 is 13.6 Å². The van der Waals surface area contributed by atoms with Crippen molar-refractivity contribution in [1.82, 2.24) is 14.8 Å². The Morgan fingerprint density at radius 3 is 2.70 bits per heavy atom. The van der Waals surface area contributed by atoms with Crippen LogP contribution in [0.5, 0.6) is 0 Å². The number of likely N-dealkylation sites (tertiary alicyclic amines) is 1. The minimum Gasteiger partial charge on any atom is -0.349 e. The quantitative estimate of drug-likeness (QED) is 0.888. The molecule has 1 aliphatic heterocycles. The van der Waals surface area contributed by atoms with Gasteiger partial charge in [-0.2, -0.15) is 0 Å². The fourth-order valence-corrected chi connectivity index (χ4v) is 3.16. The van der Waals surface area contributed by atoms with E-state index in [4.69, 9.17) is 0 Å². The van der Waals surface area contributed by atoms with Crippen LogP contribution in [-0.2, 0) is 17.9 Å². The number of benzene rings is 1. The molecule has 1 aliphatic rings. The van der Waals surface area contributed by atoms with Gasteiger partial charge in [-0.25, -0.2) is 8.78 Å². The summed E-state index contributed by atoms with van der Waals surface area (Å²) in [4.78, 5) is 14.2. The molecule has 0 spiro atoms. The average Bonchev–Trinajstić information content (AvgIpc) is 3.15. The maximum Gasteiger partial charge on any atom is 0.255 e. The van der Waals surface area contributed by atoms with E-state index in [1.807, 2.05) is 35.0 Å². The summed E-state index contributed by atoms with van der Waals surface area (Å²) in [5.41, 5.74) is 2.15. The standard InChI is InChI=1S/C17H21F2N3O/c18-16(19)9-20-17(23)12-22-11-13(10-21-7-3-4-8-21)14-5-1-2-6-15(14)22/h1-2,5-6,11,16H,3-4,7-10,12H2,(H,20,23). The molecule has 0 radical (unpaired) electrons. The summed E-state index contributed by atoms with van der Waals surface area (Å²) in [5, 5.41) is 3.38. The first-order valence-electron chi connectivity index (χ1n) is 7.97. The molecule has 1 aromatic carbocycles. The molecule has 0 unspecified atom stereocenters. The van der Waals surface area contributed by atoms with Gasteiger partial charge in [-0.1, -0.05) is 18.2 Å². The van der Waals surface area contributed by atoms with Crippen molar-refractivity contribution in [2.45, 2.75) is 32.4 Å². The second kappa shape index (κ2) is 7.08. The lowest BCUT2D eigenvalue weighted by molar-refractivity contribution is -0.122. The van der Waals surface area contributed by atoms with E-state index in [1.165, 1.54) is 18.4 Å². The van der Waals surface area contributed by atoms with Crippen LogP contribution in [0.4, 0.5) is 8.78 Å². The minimum absolute atomic E-state index is 0.0627. The molecule has 23 heavy (non-hydrogen) atoms. The van der Waals surface area contributed by atoms with Gasteiger partial charge in [0.05, 0.1) is 6.54 Å².